The number of benzene rings is 1. The van der Waals surface area contributed by atoms with Crippen LogP contribution in [0.4, 0.5) is 4.79 Å². The predicted molar refractivity (Wildman–Crippen MR) is 65.9 cm³/mol. The average molecular weight is 266 g/mol. The van der Waals surface area contributed by atoms with Gasteiger partial charge >= 0.3 is 6.09 Å². The van der Waals surface area contributed by atoms with Crippen molar-refractivity contribution >= 4 is 17.7 Å². The van der Waals surface area contributed by atoms with Crippen molar-refractivity contribution in [2.75, 3.05) is 0 Å². The Morgan fingerprint density at radius 1 is 1.39 bits per heavy atom. The molecule has 18 heavy (non-hydrogen) atoms. The highest BCUT2D eigenvalue weighted by atomic mass is 35.5. The van der Waals surface area contributed by atoms with Gasteiger partial charge in [0, 0.05) is 11.4 Å². The molecule has 5 heteroatoms. The monoisotopic (exact) mass is 265 g/mol. The molecule has 3 rings (SSSR count). The molecule has 4 nitrogen and oxygen atoms in total. The Labute approximate surface area is 110 Å². The van der Waals surface area contributed by atoms with Gasteiger partial charge in [-0.15, -0.1) is 0 Å². The fourth-order valence-corrected chi connectivity index (χ4v) is 2.22. The maximum absolute atomic E-state index is 11.8. The van der Waals surface area contributed by atoms with Gasteiger partial charge in [0.2, 0.25) is 0 Å². The molecule has 2 bridgehead atoms. The molecular formula is C13H12ClNO3. The third kappa shape index (κ3) is 2.21. The van der Waals surface area contributed by atoms with Crippen molar-refractivity contribution in [3.8, 4) is 0 Å². The molecule has 1 amide bonds. The lowest BCUT2D eigenvalue weighted by atomic mass is 10.2. The molecule has 0 N–H and O–H groups in total. The number of hydroxylamine groups is 2. The first-order chi connectivity index (χ1) is 8.72. The summed E-state index contributed by atoms with van der Waals surface area (Å²) in [5.74, 6) is 0. The number of carbonyl (C=O) groups excluding carboxylic acids is 1. The number of carbonyl (C=O) groups is 1. The molecule has 2 aliphatic rings. The summed E-state index contributed by atoms with van der Waals surface area (Å²) >= 11 is 5.78. The lowest BCUT2D eigenvalue weighted by Gasteiger charge is -2.21. The molecule has 2 atom stereocenters. The first kappa shape index (κ1) is 11.6. The second kappa shape index (κ2) is 4.63. The fourth-order valence-electron chi connectivity index (χ4n) is 2.09. The van der Waals surface area contributed by atoms with E-state index in [1.165, 1.54) is 5.06 Å². The van der Waals surface area contributed by atoms with Crippen molar-refractivity contribution in [3.63, 3.8) is 0 Å². The van der Waals surface area contributed by atoms with Crippen molar-refractivity contribution in [2.24, 2.45) is 0 Å². The molecule has 1 saturated heterocycles. The maximum atomic E-state index is 11.8. The molecule has 0 spiro atoms. The zero-order chi connectivity index (χ0) is 12.5. The van der Waals surface area contributed by atoms with E-state index in [0.717, 1.165) is 12.0 Å². The lowest BCUT2D eigenvalue weighted by Crippen LogP contribution is -2.35. The highest BCUT2D eigenvalue weighted by molar-refractivity contribution is 6.30. The Morgan fingerprint density at radius 2 is 2.17 bits per heavy atom. The van der Waals surface area contributed by atoms with Crippen LogP contribution in [0.3, 0.4) is 0 Å². The molecule has 1 aliphatic heterocycles. The van der Waals surface area contributed by atoms with E-state index in [2.05, 4.69) is 0 Å². The van der Waals surface area contributed by atoms with Gasteiger partial charge in [-0.2, -0.15) is 5.06 Å². The SMILES string of the molecule is O=C(OCc1ccc(Cl)cc1)N1O[C@H]2C=C[C@@H]1C2. The van der Waals surface area contributed by atoms with Gasteiger partial charge in [-0.1, -0.05) is 35.9 Å². The second-order valence-electron chi connectivity index (χ2n) is 4.34. The van der Waals surface area contributed by atoms with Crippen LogP contribution in [0.15, 0.2) is 36.4 Å². The predicted octanol–water partition coefficient (Wildman–Crippen LogP) is 2.92. The van der Waals surface area contributed by atoms with Gasteiger partial charge in [0.15, 0.2) is 0 Å². The van der Waals surface area contributed by atoms with E-state index < -0.39 is 6.09 Å². The van der Waals surface area contributed by atoms with Crippen LogP contribution in [0.2, 0.25) is 5.02 Å². The lowest BCUT2D eigenvalue weighted by molar-refractivity contribution is -0.129. The summed E-state index contributed by atoms with van der Waals surface area (Å²) < 4.78 is 5.19. The number of amides is 1. The standard InChI is InChI=1S/C13H12ClNO3/c14-10-3-1-9(2-4-10)8-17-13(16)15-11-5-6-12(7-11)18-15/h1-6,11-12H,7-8H2/t11-,12+/m1/s1. The van der Waals surface area contributed by atoms with E-state index in [4.69, 9.17) is 21.2 Å². The van der Waals surface area contributed by atoms with Gasteiger partial charge in [-0.25, -0.2) is 4.79 Å². The van der Waals surface area contributed by atoms with Gasteiger partial charge in [0.05, 0.1) is 6.04 Å². The van der Waals surface area contributed by atoms with Gasteiger partial charge in [-0.05, 0) is 17.7 Å². The van der Waals surface area contributed by atoms with E-state index >= 15 is 0 Å². The minimum atomic E-state index is -0.443. The van der Waals surface area contributed by atoms with Crippen molar-refractivity contribution in [3.05, 3.63) is 47.0 Å². The van der Waals surface area contributed by atoms with Gasteiger partial charge < -0.3 is 4.74 Å². The van der Waals surface area contributed by atoms with E-state index in [1.807, 2.05) is 24.3 Å². The second-order valence-corrected chi connectivity index (χ2v) is 4.78. The van der Waals surface area contributed by atoms with Crippen LogP contribution >= 0.6 is 11.6 Å². The first-order valence-corrected chi connectivity index (χ1v) is 6.16. The summed E-state index contributed by atoms with van der Waals surface area (Å²) in [7, 11) is 0. The van der Waals surface area contributed by atoms with E-state index in [1.54, 1.807) is 12.1 Å². The minimum Gasteiger partial charge on any atom is -0.443 e. The van der Waals surface area contributed by atoms with E-state index in [0.29, 0.717) is 5.02 Å². The molecule has 0 saturated carbocycles. The van der Waals surface area contributed by atoms with Crippen LogP contribution in [0.25, 0.3) is 0 Å². The summed E-state index contributed by atoms with van der Waals surface area (Å²) in [5, 5.41) is 1.97. The number of ether oxygens (including phenoxy) is 1. The van der Waals surface area contributed by atoms with Crippen LogP contribution < -0.4 is 0 Å². The van der Waals surface area contributed by atoms with Crippen LogP contribution in [-0.4, -0.2) is 23.3 Å². The van der Waals surface area contributed by atoms with Crippen molar-refractivity contribution in [1.82, 2.24) is 5.06 Å². The fraction of sp³-hybridized carbons (Fsp3) is 0.308. The minimum absolute atomic E-state index is 0.0210. The largest absolute Gasteiger partial charge is 0.443 e. The Balaban J connectivity index is 1.56. The molecule has 94 valence electrons. The van der Waals surface area contributed by atoms with Crippen LogP contribution in [0, 0.1) is 0 Å². The number of halogens is 1. The van der Waals surface area contributed by atoms with Crippen LogP contribution in [0.1, 0.15) is 12.0 Å². The molecule has 1 aromatic carbocycles. The Hall–Kier alpha value is -1.52. The van der Waals surface area contributed by atoms with Crippen molar-refractivity contribution in [2.45, 2.75) is 25.2 Å². The molecule has 1 fully saturated rings. The number of nitrogens with zero attached hydrogens (tertiary/aromatic N) is 1. The molecule has 1 aliphatic carbocycles. The average Bonchev–Trinajstić information content (AvgIpc) is 3.00. The Morgan fingerprint density at radius 3 is 2.78 bits per heavy atom. The number of fused-ring (bicyclic) bond motifs is 2. The molecule has 0 unspecified atom stereocenters. The Kier molecular flexibility index (Phi) is 2.97. The van der Waals surface area contributed by atoms with Crippen molar-refractivity contribution < 1.29 is 14.4 Å². The highest BCUT2D eigenvalue weighted by Crippen LogP contribution is 2.29. The summed E-state index contributed by atoms with van der Waals surface area (Å²) in [4.78, 5) is 17.2. The van der Waals surface area contributed by atoms with Crippen molar-refractivity contribution in [1.29, 1.82) is 0 Å². The molecule has 1 aromatic rings. The molecule has 0 aromatic heterocycles. The number of rotatable bonds is 2. The highest BCUT2D eigenvalue weighted by Gasteiger charge is 2.39. The topological polar surface area (TPSA) is 38.8 Å². The molecule has 1 heterocycles. The zero-order valence-electron chi connectivity index (χ0n) is 9.58. The molecular weight excluding hydrogens is 254 g/mol. The number of hydrogen-bond acceptors (Lipinski definition) is 3. The Bertz CT molecular complexity index is 486. The third-order valence-electron chi connectivity index (χ3n) is 3.03. The van der Waals surface area contributed by atoms with Crippen LogP contribution in [-0.2, 0) is 16.2 Å². The smallest absolute Gasteiger partial charge is 0.434 e. The molecule has 0 radical (unpaired) electrons. The third-order valence-corrected chi connectivity index (χ3v) is 3.28. The summed E-state index contributed by atoms with van der Waals surface area (Å²) in [6.45, 7) is 0.219. The summed E-state index contributed by atoms with van der Waals surface area (Å²) in [6, 6.07) is 7.20. The van der Waals surface area contributed by atoms with Crippen LogP contribution in [0.5, 0.6) is 0 Å². The van der Waals surface area contributed by atoms with E-state index in [-0.39, 0.29) is 18.8 Å². The first-order valence-electron chi connectivity index (χ1n) is 5.78. The maximum Gasteiger partial charge on any atom is 0.434 e. The summed E-state index contributed by atoms with van der Waals surface area (Å²) in [5.41, 5.74) is 0.896. The summed E-state index contributed by atoms with van der Waals surface area (Å²) in [6.07, 6.45) is 4.35. The van der Waals surface area contributed by atoms with Gasteiger partial charge in [0.1, 0.15) is 12.7 Å². The zero-order valence-corrected chi connectivity index (χ0v) is 10.3. The van der Waals surface area contributed by atoms with Gasteiger partial charge in [-0.3, -0.25) is 4.84 Å². The number of hydrogen-bond donors (Lipinski definition) is 0. The quantitative estimate of drug-likeness (QED) is 0.772. The van der Waals surface area contributed by atoms with E-state index in [9.17, 15) is 4.79 Å². The van der Waals surface area contributed by atoms with Gasteiger partial charge in [0.25, 0.3) is 0 Å². The normalized spacial score (nSPS) is 24.6.